The van der Waals surface area contributed by atoms with Crippen molar-refractivity contribution in [3.8, 4) is 0 Å². The first-order valence-corrected chi connectivity index (χ1v) is 8.60. The molecule has 1 fully saturated rings. The third kappa shape index (κ3) is 3.99. The van der Waals surface area contributed by atoms with E-state index in [-0.39, 0.29) is 11.8 Å². The van der Waals surface area contributed by atoms with Gasteiger partial charge in [-0.15, -0.1) is 0 Å². The van der Waals surface area contributed by atoms with E-state index in [1.165, 1.54) is 0 Å². The molecule has 1 aromatic heterocycles. The van der Waals surface area contributed by atoms with Gasteiger partial charge in [0.1, 0.15) is 5.41 Å². The Labute approximate surface area is 152 Å². The highest BCUT2D eigenvalue weighted by molar-refractivity contribution is 6.31. The first-order chi connectivity index (χ1) is 12.0. The van der Waals surface area contributed by atoms with E-state index >= 15 is 0 Å². The van der Waals surface area contributed by atoms with E-state index in [0.29, 0.717) is 30.1 Å². The molecule has 5 nitrogen and oxygen atoms in total. The maximum atomic E-state index is 12.8. The molecule has 0 atom stereocenters. The molecule has 0 aliphatic heterocycles. The average molecular weight is 358 g/mol. The van der Waals surface area contributed by atoms with E-state index in [1.807, 2.05) is 12.1 Å². The van der Waals surface area contributed by atoms with Crippen molar-refractivity contribution in [1.82, 2.24) is 9.88 Å². The number of nitrogens with zero attached hydrogens (tertiary/aromatic N) is 2. The number of carbonyl (C=O) groups is 2. The second kappa shape index (κ2) is 7.23. The number of anilines is 1. The van der Waals surface area contributed by atoms with Gasteiger partial charge in [0, 0.05) is 36.7 Å². The summed E-state index contributed by atoms with van der Waals surface area (Å²) in [7, 11) is 1.75. The third-order valence-corrected chi connectivity index (χ3v) is 4.74. The number of hydrogen-bond donors (Lipinski definition) is 1. The quantitative estimate of drug-likeness (QED) is 0.808. The van der Waals surface area contributed by atoms with Crippen LogP contribution in [0, 0.1) is 5.41 Å². The summed E-state index contributed by atoms with van der Waals surface area (Å²) in [5, 5.41) is 3.36. The molecule has 1 aliphatic rings. The molecule has 1 saturated carbocycles. The minimum atomic E-state index is -0.935. The Kier molecular flexibility index (Phi) is 5.04. The summed E-state index contributed by atoms with van der Waals surface area (Å²) < 4.78 is 0. The van der Waals surface area contributed by atoms with Crippen molar-refractivity contribution >= 4 is 29.1 Å². The Morgan fingerprint density at radius 2 is 1.96 bits per heavy atom. The number of pyridine rings is 1. The fourth-order valence-electron chi connectivity index (χ4n) is 2.79. The molecule has 2 aromatic rings. The second-order valence-corrected chi connectivity index (χ2v) is 6.82. The van der Waals surface area contributed by atoms with E-state index in [0.717, 1.165) is 12.0 Å². The lowest BCUT2D eigenvalue weighted by molar-refractivity contribution is -0.141. The van der Waals surface area contributed by atoms with Gasteiger partial charge in [-0.1, -0.05) is 17.7 Å². The van der Waals surface area contributed by atoms with Gasteiger partial charge >= 0.3 is 0 Å². The molecule has 3 rings (SSSR count). The standard InChI is InChI=1S/C19H20ClN3O2/c1-23(12-7-14-5-10-21-11-6-14)18(25)19(8-9-19)17(24)22-16-4-2-3-15(20)13-16/h2-6,10-11,13H,7-9,12H2,1H3,(H,22,24). The summed E-state index contributed by atoms with van der Waals surface area (Å²) in [5.41, 5.74) is 0.786. The Morgan fingerprint density at radius 3 is 2.60 bits per heavy atom. The maximum Gasteiger partial charge on any atom is 0.240 e. The smallest absolute Gasteiger partial charge is 0.240 e. The summed E-state index contributed by atoms with van der Waals surface area (Å²) in [6.45, 7) is 0.565. The van der Waals surface area contributed by atoms with Crippen molar-refractivity contribution in [1.29, 1.82) is 0 Å². The normalized spacial score (nSPS) is 14.6. The molecule has 0 spiro atoms. The van der Waals surface area contributed by atoms with E-state index in [9.17, 15) is 9.59 Å². The zero-order valence-electron chi connectivity index (χ0n) is 14.0. The van der Waals surface area contributed by atoms with Crippen LogP contribution in [0.4, 0.5) is 5.69 Å². The van der Waals surface area contributed by atoms with Crippen LogP contribution in [-0.4, -0.2) is 35.3 Å². The van der Waals surface area contributed by atoms with Gasteiger partial charge in [0.15, 0.2) is 0 Å². The molecule has 1 aliphatic carbocycles. The minimum Gasteiger partial charge on any atom is -0.344 e. The molecule has 0 bridgehead atoms. The topological polar surface area (TPSA) is 62.3 Å². The van der Waals surface area contributed by atoms with Gasteiger partial charge in [-0.3, -0.25) is 14.6 Å². The number of benzene rings is 1. The average Bonchev–Trinajstić information content (AvgIpc) is 3.42. The number of likely N-dealkylation sites (N-methyl/N-ethyl adjacent to an activating group) is 1. The van der Waals surface area contributed by atoms with Crippen LogP contribution in [0.1, 0.15) is 18.4 Å². The predicted octanol–water partition coefficient (Wildman–Crippen LogP) is 3.15. The van der Waals surface area contributed by atoms with Crippen LogP contribution < -0.4 is 5.32 Å². The highest BCUT2D eigenvalue weighted by Gasteiger charge is 2.57. The largest absolute Gasteiger partial charge is 0.344 e. The molecular weight excluding hydrogens is 338 g/mol. The first kappa shape index (κ1) is 17.4. The SMILES string of the molecule is CN(CCc1ccncc1)C(=O)C1(C(=O)Nc2cccc(Cl)c2)CC1. The second-order valence-electron chi connectivity index (χ2n) is 6.38. The summed E-state index contributed by atoms with van der Waals surface area (Å²) >= 11 is 5.94. The van der Waals surface area contributed by atoms with Crippen molar-refractivity contribution in [2.24, 2.45) is 5.41 Å². The van der Waals surface area contributed by atoms with Crippen LogP contribution in [0.15, 0.2) is 48.8 Å². The Bertz CT molecular complexity index is 775. The molecule has 25 heavy (non-hydrogen) atoms. The Morgan fingerprint density at radius 1 is 1.24 bits per heavy atom. The molecular formula is C19H20ClN3O2. The van der Waals surface area contributed by atoms with Gasteiger partial charge in [0.05, 0.1) is 0 Å². The zero-order valence-corrected chi connectivity index (χ0v) is 14.8. The first-order valence-electron chi connectivity index (χ1n) is 8.23. The number of nitrogens with one attached hydrogen (secondary N) is 1. The van der Waals surface area contributed by atoms with Crippen LogP contribution in [0.2, 0.25) is 5.02 Å². The van der Waals surface area contributed by atoms with Crippen molar-refractivity contribution in [3.05, 3.63) is 59.4 Å². The molecule has 0 radical (unpaired) electrons. The van der Waals surface area contributed by atoms with Crippen molar-refractivity contribution < 1.29 is 9.59 Å². The van der Waals surface area contributed by atoms with E-state index < -0.39 is 5.41 Å². The Hall–Kier alpha value is -2.40. The lowest BCUT2D eigenvalue weighted by Gasteiger charge is -2.23. The lowest BCUT2D eigenvalue weighted by atomic mass is 10.0. The number of rotatable bonds is 6. The monoisotopic (exact) mass is 357 g/mol. The Balaban J connectivity index is 1.61. The minimum absolute atomic E-state index is 0.124. The summed E-state index contributed by atoms with van der Waals surface area (Å²) in [4.78, 5) is 31.0. The molecule has 1 N–H and O–H groups in total. The number of hydrogen-bond acceptors (Lipinski definition) is 3. The van der Waals surface area contributed by atoms with Crippen LogP contribution in [0.5, 0.6) is 0 Å². The van der Waals surface area contributed by atoms with E-state index in [1.54, 1.807) is 48.6 Å². The van der Waals surface area contributed by atoms with Crippen molar-refractivity contribution in [2.75, 3.05) is 18.9 Å². The fourth-order valence-corrected chi connectivity index (χ4v) is 2.98. The molecule has 6 heteroatoms. The van der Waals surface area contributed by atoms with Crippen LogP contribution in [-0.2, 0) is 16.0 Å². The van der Waals surface area contributed by atoms with Gasteiger partial charge < -0.3 is 10.2 Å². The lowest BCUT2D eigenvalue weighted by Crippen LogP contribution is -2.41. The van der Waals surface area contributed by atoms with Gasteiger partial charge in [-0.2, -0.15) is 0 Å². The van der Waals surface area contributed by atoms with Gasteiger partial charge in [-0.25, -0.2) is 0 Å². The highest BCUT2D eigenvalue weighted by Crippen LogP contribution is 2.48. The zero-order chi connectivity index (χ0) is 17.9. The number of halogens is 1. The van der Waals surface area contributed by atoms with Crippen LogP contribution in [0.25, 0.3) is 0 Å². The summed E-state index contributed by atoms with van der Waals surface area (Å²) in [5.74, 6) is -0.378. The van der Waals surface area contributed by atoms with Crippen molar-refractivity contribution in [3.63, 3.8) is 0 Å². The number of carbonyl (C=O) groups excluding carboxylic acids is 2. The molecule has 2 amide bonds. The number of amides is 2. The molecule has 0 saturated heterocycles. The predicted molar refractivity (Wildman–Crippen MR) is 97.3 cm³/mol. The van der Waals surface area contributed by atoms with E-state index in [4.69, 9.17) is 11.6 Å². The number of aromatic nitrogens is 1. The highest BCUT2D eigenvalue weighted by atomic mass is 35.5. The molecule has 1 heterocycles. The summed E-state index contributed by atoms with van der Waals surface area (Å²) in [6.07, 6.45) is 5.36. The third-order valence-electron chi connectivity index (χ3n) is 4.51. The molecule has 130 valence electrons. The van der Waals surface area contributed by atoms with Crippen LogP contribution in [0.3, 0.4) is 0 Å². The fraction of sp³-hybridized carbons (Fsp3) is 0.316. The van der Waals surface area contributed by atoms with Gasteiger partial charge in [-0.05, 0) is 55.2 Å². The molecule has 0 unspecified atom stereocenters. The molecule has 1 aromatic carbocycles. The van der Waals surface area contributed by atoms with Crippen LogP contribution >= 0.6 is 11.6 Å². The van der Waals surface area contributed by atoms with E-state index in [2.05, 4.69) is 10.3 Å². The van der Waals surface area contributed by atoms with Gasteiger partial charge in [0.25, 0.3) is 0 Å². The summed E-state index contributed by atoms with van der Waals surface area (Å²) in [6, 6.07) is 10.8. The van der Waals surface area contributed by atoms with Gasteiger partial charge in [0.2, 0.25) is 11.8 Å². The van der Waals surface area contributed by atoms with Crippen molar-refractivity contribution in [2.45, 2.75) is 19.3 Å². The maximum absolute atomic E-state index is 12.8.